The standard InChI is InChI=1S/C25H28N6O2/c1-3-27-23-19(13-26)11-18(12-20(23)15-32)21-4-7-28-25(30-21)31-22-10-16(2)14-29-24(22)17-5-8-33-9-6-17/h4,7,10-12,14,17,27,32H,3,5-6,8-9,15H2,1-2H3,(H,28,30,31). The van der Waals surface area contributed by atoms with Gasteiger partial charge in [-0.05, 0) is 56.5 Å². The molecule has 3 N–H and O–H groups in total. The van der Waals surface area contributed by atoms with Crippen molar-refractivity contribution in [2.75, 3.05) is 30.4 Å². The number of aryl methyl sites for hydroxylation is 1. The van der Waals surface area contributed by atoms with E-state index in [4.69, 9.17) is 14.7 Å². The summed E-state index contributed by atoms with van der Waals surface area (Å²) in [6.45, 7) is 5.92. The Morgan fingerprint density at radius 1 is 1.21 bits per heavy atom. The van der Waals surface area contributed by atoms with E-state index in [-0.39, 0.29) is 6.61 Å². The predicted molar refractivity (Wildman–Crippen MR) is 127 cm³/mol. The smallest absolute Gasteiger partial charge is 0.227 e. The zero-order valence-electron chi connectivity index (χ0n) is 18.9. The Morgan fingerprint density at radius 2 is 2.03 bits per heavy atom. The van der Waals surface area contributed by atoms with Crippen LogP contribution in [-0.4, -0.2) is 39.8 Å². The van der Waals surface area contributed by atoms with E-state index < -0.39 is 0 Å². The Bertz CT molecular complexity index is 1170. The highest BCUT2D eigenvalue weighted by molar-refractivity contribution is 5.73. The van der Waals surface area contributed by atoms with E-state index in [0.717, 1.165) is 48.6 Å². The third-order valence-corrected chi connectivity index (χ3v) is 5.73. The van der Waals surface area contributed by atoms with Gasteiger partial charge in [-0.3, -0.25) is 4.98 Å². The van der Waals surface area contributed by atoms with Crippen LogP contribution in [0.2, 0.25) is 0 Å². The molecule has 1 aliphatic heterocycles. The molecule has 1 saturated heterocycles. The largest absolute Gasteiger partial charge is 0.392 e. The fourth-order valence-electron chi connectivity index (χ4n) is 4.12. The van der Waals surface area contributed by atoms with Gasteiger partial charge >= 0.3 is 0 Å². The number of nitrogens with zero attached hydrogens (tertiary/aromatic N) is 4. The van der Waals surface area contributed by atoms with Crippen LogP contribution in [0.1, 0.15) is 48.1 Å². The van der Waals surface area contributed by atoms with Crippen LogP contribution in [0.4, 0.5) is 17.3 Å². The molecular weight excluding hydrogens is 416 g/mol. The fourth-order valence-corrected chi connectivity index (χ4v) is 4.12. The van der Waals surface area contributed by atoms with Gasteiger partial charge < -0.3 is 20.5 Å². The molecule has 33 heavy (non-hydrogen) atoms. The molecule has 2 aromatic heterocycles. The summed E-state index contributed by atoms with van der Waals surface area (Å²) >= 11 is 0. The van der Waals surface area contributed by atoms with Gasteiger partial charge in [0.25, 0.3) is 0 Å². The minimum absolute atomic E-state index is 0.176. The Balaban J connectivity index is 1.68. The lowest BCUT2D eigenvalue weighted by Gasteiger charge is -2.24. The maximum atomic E-state index is 9.86. The molecule has 4 rings (SSSR count). The monoisotopic (exact) mass is 444 g/mol. The lowest BCUT2D eigenvalue weighted by molar-refractivity contribution is 0.0846. The molecule has 0 saturated carbocycles. The minimum atomic E-state index is -0.176. The average Bonchev–Trinajstić information content (AvgIpc) is 2.85. The summed E-state index contributed by atoms with van der Waals surface area (Å²) in [5.74, 6) is 0.780. The summed E-state index contributed by atoms with van der Waals surface area (Å²) in [4.78, 5) is 13.8. The number of hydrogen-bond acceptors (Lipinski definition) is 8. The van der Waals surface area contributed by atoms with E-state index in [1.807, 2.05) is 26.1 Å². The maximum Gasteiger partial charge on any atom is 0.227 e. The van der Waals surface area contributed by atoms with Gasteiger partial charge in [0.15, 0.2) is 0 Å². The van der Waals surface area contributed by atoms with Crippen molar-refractivity contribution in [3.05, 3.63) is 59.0 Å². The number of anilines is 3. The summed E-state index contributed by atoms with van der Waals surface area (Å²) in [6.07, 6.45) is 5.44. The van der Waals surface area contributed by atoms with Crippen molar-refractivity contribution < 1.29 is 9.84 Å². The molecule has 0 radical (unpaired) electrons. The molecule has 1 aromatic carbocycles. The Kier molecular flexibility index (Phi) is 7.13. The van der Waals surface area contributed by atoms with Gasteiger partial charge in [-0.1, -0.05) is 0 Å². The molecule has 3 aromatic rings. The normalized spacial score (nSPS) is 14.0. The lowest BCUT2D eigenvalue weighted by Crippen LogP contribution is -2.16. The SMILES string of the molecule is CCNc1c(C#N)cc(-c2ccnc(Nc3cc(C)cnc3C3CCOCC3)n2)cc1CO. The van der Waals surface area contributed by atoms with Crippen molar-refractivity contribution in [1.82, 2.24) is 15.0 Å². The van der Waals surface area contributed by atoms with Crippen molar-refractivity contribution in [3.8, 4) is 17.3 Å². The summed E-state index contributed by atoms with van der Waals surface area (Å²) in [5, 5.41) is 26.0. The second kappa shape index (κ2) is 10.4. The molecule has 8 nitrogen and oxygen atoms in total. The second-order valence-corrected chi connectivity index (χ2v) is 8.08. The van der Waals surface area contributed by atoms with Gasteiger partial charge in [0.2, 0.25) is 5.95 Å². The Hall–Kier alpha value is -3.54. The number of hydrogen-bond donors (Lipinski definition) is 3. The van der Waals surface area contributed by atoms with Crippen LogP contribution in [0.3, 0.4) is 0 Å². The zero-order valence-corrected chi connectivity index (χ0v) is 18.9. The molecule has 8 heteroatoms. The number of pyridine rings is 1. The number of ether oxygens (including phenoxy) is 1. The number of benzene rings is 1. The van der Waals surface area contributed by atoms with E-state index >= 15 is 0 Å². The zero-order chi connectivity index (χ0) is 23.2. The molecule has 0 unspecified atom stereocenters. The second-order valence-electron chi connectivity index (χ2n) is 8.08. The van der Waals surface area contributed by atoms with E-state index in [1.54, 1.807) is 18.3 Å². The Morgan fingerprint density at radius 3 is 2.76 bits per heavy atom. The third-order valence-electron chi connectivity index (χ3n) is 5.73. The quantitative estimate of drug-likeness (QED) is 0.494. The summed E-state index contributed by atoms with van der Waals surface area (Å²) in [7, 11) is 0. The van der Waals surface area contributed by atoms with Crippen molar-refractivity contribution in [1.29, 1.82) is 5.26 Å². The number of aliphatic hydroxyl groups excluding tert-OH is 1. The molecular formula is C25H28N6O2. The predicted octanol–water partition coefficient (Wildman–Crippen LogP) is 4.28. The van der Waals surface area contributed by atoms with Crippen molar-refractivity contribution >= 4 is 17.3 Å². The van der Waals surface area contributed by atoms with Crippen LogP contribution in [0, 0.1) is 18.3 Å². The van der Waals surface area contributed by atoms with Crippen molar-refractivity contribution in [3.63, 3.8) is 0 Å². The summed E-state index contributed by atoms with van der Waals surface area (Å²) in [6, 6.07) is 9.72. The highest BCUT2D eigenvalue weighted by atomic mass is 16.5. The molecule has 0 aliphatic carbocycles. The lowest BCUT2D eigenvalue weighted by atomic mass is 9.94. The molecule has 1 fully saturated rings. The van der Waals surface area contributed by atoms with Crippen molar-refractivity contribution in [2.24, 2.45) is 0 Å². The molecule has 0 atom stereocenters. The van der Waals surface area contributed by atoms with E-state index in [1.165, 1.54) is 0 Å². The molecule has 0 spiro atoms. The first kappa shape index (κ1) is 22.6. The number of rotatable bonds is 7. The highest BCUT2D eigenvalue weighted by Crippen LogP contribution is 2.33. The number of nitrogens with one attached hydrogen (secondary N) is 2. The van der Waals surface area contributed by atoms with Crippen LogP contribution in [0.5, 0.6) is 0 Å². The van der Waals surface area contributed by atoms with Crippen LogP contribution in [0.25, 0.3) is 11.3 Å². The fraction of sp³-hybridized carbons (Fsp3) is 0.360. The van der Waals surface area contributed by atoms with Crippen LogP contribution >= 0.6 is 0 Å². The van der Waals surface area contributed by atoms with Gasteiger partial charge in [0.1, 0.15) is 6.07 Å². The van der Waals surface area contributed by atoms with E-state index in [0.29, 0.717) is 40.9 Å². The molecule has 0 bridgehead atoms. The van der Waals surface area contributed by atoms with E-state index in [9.17, 15) is 10.4 Å². The maximum absolute atomic E-state index is 9.86. The minimum Gasteiger partial charge on any atom is -0.392 e. The molecule has 1 aliphatic rings. The Labute approximate surface area is 193 Å². The number of aromatic nitrogens is 3. The molecule has 0 amide bonds. The van der Waals surface area contributed by atoms with Gasteiger partial charge in [0, 0.05) is 49.2 Å². The van der Waals surface area contributed by atoms with Crippen LogP contribution in [-0.2, 0) is 11.3 Å². The summed E-state index contributed by atoms with van der Waals surface area (Å²) in [5.41, 5.74) is 6.14. The van der Waals surface area contributed by atoms with Crippen molar-refractivity contribution in [2.45, 2.75) is 39.2 Å². The molecule has 170 valence electrons. The highest BCUT2D eigenvalue weighted by Gasteiger charge is 2.21. The number of aliphatic hydroxyl groups is 1. The van der Waals surface area contributed by atoms with Gasteiger partial charge in [0.05, 0.1) is 34.9 Å². The van der Waals surface area contributed by atoms with Gasteiger partial charge in [-0.2, -0.15) is 5.26 Å². The number of nitriles is 1. The third kappa shape index (κ3) is 5.11. The average molecular weight is 445 g/mol. The van der Waals surface area contributed by atoms with Crippen LogP contribution < -0.4 is 10.6 Å². The first-order valence-electron chi connectivity index (χ1n) is 11.2. The van der Waals surface area contributed by atoms with E-state index in [2.05, 4.69) is 27.8 Å². The van der Waals surface area contributed by atoms with Gasteiger partial charge in [-0.15, -0.1) is 0 Å². The first-order valence-corrected chi connectivity index (χ1v) is 11.2. The first-order chi connectivity index (χ1) is 16.1. The van der Waals surface area contributed by atoms with Gasteiger partial charge in [-0.25, -0.2) is 9.97 Å². The summed E-state index contributed by atoms with van der Waals surface area (Å²) < 4.78 is 5.51. The van der Waals surface area contributed by atoms with Crippen LogP contribution in [0.15, 0.2) is 36.7 Å². The topological polar surface area (TPSA) is 116 Å². The molecule has 3 heterocycles.